The maximum atomic E-state index is 12.2. The van der Waals surface area contributed by atoms with Crippen LogP contribution in [0.3, 0.4) is 0 Å². The number of ether oxygens (including phenoxy) is 2. The predicted molar refractivity (Wildman–Crippen MR) is 93.6 cm³/mol. The van der Waals surface area contributed by atoms with E-state index in [4.69, 9.17) is 9.47 Å². The molecule has 0 atom stereocenters. The Kier molecular flexibility index (Phi) is 6.10. The van der Waals surface area contributed by atoms with Crippen LogP contribution in [0.2, 0.25) is 0 Å². The molecule has 8 nitrogen and oxygen atoms in total. The molecule has 1 fully saturated rings. The number of benzene rings is 1. The monoisotopic (exact) mass is 356 g/mol. The first kappa shape index (κ1) is 17.8. The van der Waals surface area contributed by atoms with Crippen molar-refractivity contribution in [2.75, 3.05) is 37.7 Å². The molecule has 0 aliphatic carbocycles. The van der Waals surface area contributed by atoms with Crippen molar-refractivity contribution in [2.24, 2.45) is 0 Å². The Balaban J connectivity index is 1.49. The van der Waals surface area contributed by atoms with Gasteiger partial charge in [0.25, 0.3) is 5.91 Å². The zero-order chi connectivity index (χ0) is 18.2. The summed E-state index contributed by atoms with van der Waals surface area (Å²) >= 11 is 0. The van der Waals surface area contributed by atoms with Gasteiger partial charge in [-0.3, -0.25) is 9.59 Å². The molecule has 1 aliphatic heterocycles. The van der Waals surface area contributed by atoms with Crippen molar-refractivity contribution in [2.45, 2.75) is 6.61 Å². The highest BCUT2D eigenvalue weighted by atomic mass is 16.5. The zero-order valence-electron chi connectivity index (χ0n) is 14.3. The third kappa shape index (κ3) is 5.00. The summed E-state index contributed by atoms with van der Waals surface area (Å²) in [5, 5.41) is 2.52. The quantitative estimate of drug-likeness (QED) is 0.765. The van der Waals surface area contributed by atoms with Crippen molar-refractivity contribution in [1.29, 1.82) is 0 Å². The fourth-order valence-electron chi connectivity index (χ4n) is 2.47. The summed E-state index contributed by atoms with van der Waals surface area (Å²) < 4.78 is 10.4. The first-order valence-corrected chi connectivity index (χ1v) is 8.35. The van der Waals surface area contributed by atoms with Crippen molar-refractivity contribution in [3.05, 3.63) is 54.0 Å². The van der Waals surface area contributed by atoms with Crippen molar-refractivity contribution in [3.8, 4) is 0 Å². The molecule has 2 heterocycles. The molecule has 3 rings (SSSR count). The number of esters is 1. The van der Waals surface area contributed by atoms with Gasteiger partial charge in [0.1, 0.15) is 31.0 Å². The molecule has 1 amide bonds. The second-order valence-corrected chi connectivity index (χ2v) is 5.69. The average molecular weight is 356 g/mol. The van der Waals surface area contributed by atoms with Crippen LogP contribution in [0.5, 0.6) is 0 Å². The molecule has 2 aromatic rings. The number of amides is 1. The van der Waals surface area contributed by atoms with Crippen molar-refractivity contribution >= 4 is 17.7 Å². The second-order valence-electron chi connectivity index (χ2n) is 5.69. The Morgan fingerprint density at radius 3 is 2.69 bits per heavy atom. The predicted octanol–water partition coefficient (Wildman–Crippen LogP) is 0.786. The number of nitrogens with zero attached hydrogens (tertiary/aromatic N) is 3. The smallest absolute Gasteiger partial charge is 0.325 e. The first-order valence-electron chi connectivity index (χ1n) is 8.35. The molecular weight excluding hydrogens is 336 g/mol. The standard InChI is InChI=1S/C18H20N4O4/c23-17(26-12-14-4-2-1-3-5-14)11-19-18(24)15-10-16(21-13-20-15)22-6-8-25-9-7-22/h1-5,10,13H,6-9,11-12H2,(H,19,24). The van der Waals surface area contributed by atoms with Gasteiger partial charge in [0.2, 0.25) is 0 Å². The van der Waals surface area contributed by atoms with Gasteiger partial charge in [-0.15, -0.1) is 0 Å². The van der Waals surface area contributed by atoms with Crippen LogP contribution < -0.4 is 10.2 Å². The number of morpholine rings is 1. The number of aromatic nitrogens is 2. The topological polar surface area (TPSA) is 93.7 Å². The lowest BCUT2D eigenvalue weighted by atomic mass is 10.2. The Morgan fingerprint density at radius 1 is 1.15 bits per heavy atom. The summed E-state index contributed by atoms with van der Waals surface area (Å²) in [6.45, 7) is 2.62. The molecule has 0 bridgehead atoms. The molecule has 1 N–H and O–H groups in total. The van der Waals surface area contributed by atoms with E-state index in [0.29, 0.717) is 32.1 Å². The summed E-state index contributed by atoms with van der Waals surface area (Å²) in [5.41, 5.74) is 1.09. The molecule has 1 saturated heterocycles. The Morgan fingerprint density at radius 2 is 1.92 bits per heavy atom. The van der Waals surface area contributed by atoms with Gasteiger partial charge in [-0.2, -0.15) is 0 Å². The molecular formula is C18H20N4O4. The highest BCUT2D eigenvalue weighted by Gasteiger charge is 2.16. The fraction of sp³-hybridized carbons (Fsp3) is 0.333. The molecule has 136 valence electrons. The molecule has 8 heteroatoms. The Labute approximate surface area is 151 Å². The van der Waals surface area contributed by atoms with E-state index in [0.717, 1.165) is 5.56 Å². The summed E-state index contributed by atoms with van der Waals surface area (Å²) in [5.74, 6) is -0.289. The van der Waals surface area contributed by atoms with Gasteiger partial charge in [0, 0.05) is 19.2 Å². The first-order chi connectivity index (χ1) is 12.7. The van der Waals surface area contributed by atoms with Crippen LogP contribution in [0.25, 0.3) is 0 Å². The lowest BCUT2D eigenvalue weighted by molar-refractivity contribution is -0.143. The van der Waals surface area contributed by atoms with Crippen LogP contribution in [0, 0.1) is 0 Å². The molecule has 1 aromatic carbocycles. The number of nitrogens with one attached hydrogen (secondary N) is 1. The van der Waals surface area contributed by atoms with Gasteiger partial charge >= 0.3 is 5.97 Å². The zero-order valence-corrected chi connectivity index (χ0v) is 14.3. The van der Waals surface area contributed by atoms with Crippen LogP contribution in [0.1, 0.15) is 16.1 Å². The third-order valence-electron chi connectivity index (χ3n) is 3.86. The van der Waals surface area contributed by atoms with Crippen LogP contribution in [-0.2, 0) is 20.9 Å². The minimum atomic E-state index is -0.510. The summed E-state index contributed by atoms with van der Waals surface area (Å²) in [6.07, 6.45) is 1.34. The van der Waals surface area contributed by atoms with E-state index < -0.39 is 11.9 Å². The molecule has 0 radical (unpaired) electrons. The highest BCUT2D eigenvalue weighted by molar-refractivity contribution is 5.94. The Hall–Kier alpha value is -3.00. The van der Waals surface area contributed by atoms with Gasteiger partial charge in [0.15, 0.2) is 0 Å². The van der Waals surface area contributed by atoms with E-state index in [1.807, 2.05) is 35.2 Å². The fourth-order valence-corrected chi connectivity index (χ4v) is 2.47. The van der Waals surface area contributed by atoms with Gasteiger partial charge in [0.05, 0.1) is 13.2 Å². The SMILES string of the molecule is O=C(CNC(=O)c1cc(N2CCOCC2)ncn1)OCc1ccccc1. The van der Waals surface area contributed by atoms with E-state index in [2.05, 4.69) is 15.3 Å². The summed E-state index contributed by atoms with van der Waals surface area (Å²) in [6, 6.07) is 11.0. The highest BCUT2D eigenvalue weighted by Crippen LogP contribution is 2.12. The van der Waals surface area contributed by atoms with E-state index in [1.165, 1.54) is 6.33 Å². The molecule has 0 unspecified atom stereocenters. The van der Waals surface area contributed by atoms with E-state index in [-0.39, 0.29) is 18.8 Å². The van der Waals surface area contributed by atoms with Crippen LogP contribution in [0.15, 0.2) is 42.7 Å². The van der Waals surface area contributed by atoms with Crippen molar-refractivity contribution < 1.29 is 19.1 Å². The summed E-state index contributed by atoms with van der Waals surface area (Å²) in [7, 11) is 0. The molecule has 26 heavy (non-hydrogen) atoms. The minimum Gasteiger partial charge on any atom is -0.460 e. The van der Waals surface area contributed by atoms with Crippen molar-refractivity contribution in [1.82, 2.24) is 15.3 Å². The van der Waals surface area contributed by atoms with E-state index in [9.17, 15) is 9.59 Å². The van der Waals surface area contributed by atoms with E-state index >= 15 is 0 Å². The largest absolute Gasteiger partial charge is 0.460 e. The molecule has 1 aromatic heterocycles. The van der Waals surface area contributed by atoms with Gasteiger partial charge in [-0.1, -0.05) is 30.3 Å². The number of anilines is 1. The number of hydrogen-bond acceptors (Lipinski definition) is 7. The average Bonchev–Trinajstić information content (AvgIpc) is 2.72. The normalized spacial score (nSPS) is 13.9. The van der Waals surface area contributed by atoms with Gasteiger partial charge in [-0.05, 0) is 5.56 Å². The Bertz CT molecular complexity index is 748. The number of carbonyl (C=O) groups excluding carboxylic acids is 2. The van der Waals surface area contributed by atoms with E-state index in [1.54, 1.807) is 6.07 Å². The third-order valence-corrected chi connectivity index (χ3v) is 3.86. The van der Waals surface area contributed by atoms with Crippen LogP contribution in [0.4, 0.5) is 5.82 Å². The van der Waals surface area contributed by atoms with Gasteiger partial charge in [-0.25, -0.2) is 9.97 Å². The molecule has 0 spiro atoms. The lowest BCUT2D eigenvalue weighted by Crippen LogP contribution is -2.37. The van der Waals surface area contributed by atoms with Gasteiger partial charge < -0.3 is 19.7 Å². The molecule has 1 aliphatic rings. The lowest BCUT2D eigenvalue weighted by Gasteiger charge is -2.27. The maximum absolute atomic E-state index is 12.2. The van der Waals surface area contributed by atoms with Crippen LogP contribution >= 0.6 is 0 Å². The minimum absolute atomic E-state index is 0.171. The second kappa shape index (κ2) is 8.91. The number of carbonyl (C=O) groups is 2. The van der Waals surface area contributed by atoms with Crippen molar-refractivity contribution in [3.63, 3.8) is 0 Å². The number of hydrogen-bond donors (Lipinski definition) is 1. The molecule has 0 saturated carbocycles. The summed E-state index contributed by atoms with van der Waals surface area (Å²) in [4.78, 5) is 34.2. The number of rotatable bonds is 6. The maximum Gasteiger partial charge on any atom is 0.325 e. The van der Waals surface area contributed by atoms with Crippen LogP contribution in [-0.4, -0.2) is 54.7 Å².